The lowest BCUT2D eigenvalue weighted by atomic mass is 9.84. The smallest absolute Gasteiger partial charge is 0.326 e. The Hall–Kier alpha value is -3.19. The van der Waals surface area contributed by atoms with Crippen LogP contribution in [0.4, 0.5) is 4.79 Å². The van der Waals surface area contributed by atoms with Crippen LogP contribution in [0, 0.1) is 5.92 Å². The van der Waals surface area contributed by atoms with E-state index in [1.165, 1.54) is 4.90 Å². The molecule has 0 unspecified atom stereocenters. The van der Waals surface area contributed by atoms with E-state index in [2.05, 4.69) is 10.2 Å². The Bertz CT molecular complexity index is 930. The fourth-order valence-electron chi connectivity index (χ4n) is 4.77. The molecule has 2 aliphatic heterocycles. The van der Waals surface area contributed by atoms with Crippen molar-refractivity contribution in [2.45, 2.75) is 38.1 Å². The molecule has 0 spiro atoms. The molecule has 3 amide bonds. The molecule has 2 aromatic carbocycles. The Morgan fingerprint density at radius 1 is 0.970 bits per heavy atom. The summed E-state index contributed by atoms with van der Waals surface area (Å²) in [5, 5.41) is 3.03. The van der Waals surface area contributed by atoms with Crippen molar-refractivity contribution in [1.29, 1.82) is 0 Å². The molecule has 2 fully saturated rings. The molecule has 0 radical (unpaired) electrons. The lowest BCUT2D eigenvalue weighted by molar-refractivity contribution is -0.150. The van der Waals surface area contributed by atoms with Gasteiger partial charge in [-0.05, 0) is 30.9 Å². The number of esters is 1. The van der Waals surface area contributed by atoms with Crippen molar-refractivity contribution in [3.05, 3.63) is 71.8 Å². The number of carbonyl (C=O) groups excluding carboxylic acids is 3. The van der Waals surface area contributed by atoms with E-state index < -0.39 is 5.54 Å². The lowest BCUT2D eigenvalue weighted by Crippen LogP contribution is -2.52. The Kier molecular flexibility index (Phi) is 7.08. The first kappa shape index (κ1) is 23.0. The van der Waals surface area contributed by atoms with Crippen LogP contribution in [-0.4, -0.2) is 59.6 Å². The standard InChI is InChI=1S/C26H31N3O4/c1-2-33-23(30)22-13-15-28(16-14-22)19-29-24(31)26(27-25(29)32,17-20-9-5-3-6-10-20)18-21-11-7-4-8-12-21/h3-12,22H,2,13-19H2,1H3,(H,27,32). The molecule has 2 aromatic rings. The van der Waals surface area contributed by atoms with Gasteiger partial charge in [0.05, 0.1) is 19.2 Å². The molecule has 0 atom stereocenters. The first-order valence-corrected chi connectivity index (χ1v) is 11.6. The minimum absolute atomic E-state index is 0.112. The lowest BCUT2D eigenvalue weighted by Gasteiger charge is -2.33. The summed E-state index contributed by atoms with van der Waals surface area (Å²) >= 11 is 0. The van der Waals surface area contributed by atoms with Crippen LogP contribution in [0.25, 0.3) is 0 Å². The van der Waals surface area contributed by atoms with Crippen LogP contribution in [0.1, 0.15) is 30.9 Å². The summed E-state index contributed by atoms with van der Waals surface area (Å²) in [4.78, 5) is 42.1. The molecule has 2 heterocycles. The number of piperidine rings is 1. The quantitative estimate of drug-likeness (QED) is 0.495. The molecule has 33 heavy (non-hydrogen) atoms. The topological polar surface area (TPSA) is 79.0 Å². The largest absolute Gasteiger partial charge is 0.466 e. The van der Waals surface area contributed by atoms with Crippen molar-refractivity contribution >= 4 is 17.9 Å². The molecule has 4 rings (SSSR count). The summed E-state index contributed by atoms with van der Waals surface area (Å²) in [5.41, 5.74) is 0.974. The zero-order valence-corrected chi connectivity index (χ0v) is 19.0. The summed E-state index contributed by atoms with van der Waals surface area (Å²) < 4.78 is 5.14. The first-order chi connectivity index (χ1) is 16.0. The number of amides is 3. The van der Waals surface area contributed by atoms with Gasteiger partial charge in [-0.15, -0.1) is 0 Å². The second-order valence-corrected chi connectivity index (χ2v) is 8.86. The predicted octanol–water partition coefficient (Wildman–Crippen LogP) is 3.00. The highest BCUT2D eigenvalue weighted by molar-refractivity contribution is 6.07. The second-order valence-electron chi connectivity index (χ2n) is 8.86. The van der Waals surface area contributed by atoms with Gasteiger partial charge in [0.2, 0.25) is 0 Å². The van der Waals surface area contributed by atoms with E-state index in [4.69, 9.17) is 4.74 Å². The van der Waals surface area contributed by atoms with Crippen molar-refractivity contribution in [3.8, 4) is 0 Å². The Morgan fingerprint density at radius 2 is 1.52 bits per heavy atom. The van der Waals surface area contributed by atoms with Gasteiger partial charge < -0.3 is 10.1 Å². The third kappa shape index (κ3) is 5.25. The fourth-order valence-corrected chi connectivity index (χ4v) is 4.77. The van der Waals surface area contributed by atoms with Crippen LogP contribution >= 0.6 is 0 Å². The number of urea groups is 1. The second kappa shape index (κ2) is 10.2. The number of likely N-dealkylation sites (tertiary alicyclic amines) is 1. The molecule has 0 aliphatic carbocycles. The molecule has 174 valence electrons. The number of rotatable bonds is 8. The molecule has 0 aromatic heterocycles. The van der Waals surface area contributed by atoms with Gasteiger partial charge in [0.15, 0.2) is 0 Å². The zero-order chi connectivity index (χ0) is 23.3. The van der Waals surface area contributed by atoms with Crippen LogP contribution in [-0.2, 0) is 27.2 Å². The summed E-state index contributed by atoms with van der Waals surface area (Å²) in [6.45, 7) is 3.70. The van der Waals surface area contributed by atoms with E-state index in [0.717, 1.165) is 11.1 Å². The summed E-state index contributed by atoms with van der Waals surface area (Å²) in [5.74, 6) is -0.468. The SMILES string of the molecule is CCOC(=O)C1CCN(CN2C(=O)NC(Cc3ccccc3)(Cc3ccccc3)C2=O)CC1. The summed E-state index contributed by atoms with van der Waals surface area (Å²) in [7, 11) is 0. The minimum Gasteiger partial charge on any atom is -0.466 e. The van der Waals surface area contributed by atoms with Crippen molar-refractivity contribution < 1.29 is 19.1 Å². The monoisotopic (exact) mass is 449 g/mol. The number of hydrogen-bond donors (Lipinski definition) is 1. The molecule has 0 saturated carbocycles. The molecule has 7 nitrogen and oxygen atoms in total. The van der Waals surface area contributed by atoms with Gasteiger partial charge in [-0.25, -0.2) is 9.69 Å². The van der Waals surface area contributed by atoms with E-state index in [1.54, 1.807) is 0 Å². The third-order valence-corrected chi connectivity index (χ3v) is 6.49. The first-order valence-electron chi connectivity index (χ1n) is 11.6. The molecule has 1 N–H and O–H groups in total. The van der Waals surface area contributed by atoms with Gasteiger partial charge in [-0.3, -0.25) is 14.5 Å². The summed E-state index contributed by atoms with van der Waals surface area (Å²) in [6.07, 6.45) is 2.19. The van der Waals surface area contributed by atoms with Gasteiger partial charge in [0.25, 0.3) is 5.91 Å². The van der Waals surface area contributed by atoms with E-state index in [9.17, 15) is 14.4 Å². The molecular weight excluding hydrogens is 418 g/mol. The van der Waals surface area contributed by atoms with Crippen LogP contribution < -0.4 is 5.32 Å². The fraction of sp³-hybridized carbons (Fsp3) is 0.423. The number of benzene rings is 2. The highest BCUT2D eigenvalue weighted by Crippen LogP contribution is 2.28. The Morgan fingerprint density at radius 3 is 2.03 bits per heavy atom. The number of ether oxygens (including phenoxy) is 1. The number of nitrogens with one attached hydrogen (secondary N) is 1. The average Bonchev–Trinajstić information content (AvgIpc) is 3.05. The van der Waals surface area contributed by atoms with Gasteiger partial charge in [0, 0.05) is 25.9 Å². The van der Waals surface area contributed by atoms with Crippen molar-refractivity contribution in [3.63, 3.8) is 0 Å². The van der Waals surface area contributed by atoms with Crippen molar-refractivity contribution in [2.24, 2.45) is 5.92 Å². The maximum atomic E-state index is 13.7. The van der Waals surface area contributed by atoms with Crippen molar-refractivity contribution in [2.75, 3.05) is 26.4 Å². The van der Waals surface area contributed by atoms with E-state index >= 15 is 0 Å². The van der Waals surface area contributed by atoms with Gasteiger partial charge in [0.1, 0.15) is 5.54 Å². The molecule has 2 saturated heterocycles. The molecule has 2 aliphatic rings. The Balaban J connectivity index is 1.48. The van der Waals surface area contributed by atoms with Gasteiger partial charge in [-0.1, -0.05) is 60.7 Å². The summed E-state index contributed by atoms with van der Waals surface area (Å²) in [6, 6.07) is 19.2. The van der Waals surface area contributed by atoms with E-state index in [1.807, 2.05) is 67.6 Å². The maximum Gasteiger partial charge on any atom is 0.326 e. The van der Waals surface area contributed by atoms with Crippen LogP contribution in [0.5, 0.6) is 0 Å². The predicted molar refractivity (Wildman–Crippen MR) is 124 cm³/mol. The maximum absolute atomic E-state index is 13.7. The van der Waals surface area contributed by atoms with Crippen molar-refractivity contribution in [1.82, 2.24) is 15.1 Å². The molecule has 0 bridgehead atoms. The molecule has 7 heteroatoms. The average molecular weight is 450 g/mol. The number of carbonyl (C=O) groups is 3. The zero-order valence-electron chi connectivity index (χ0n) is 19.0. The Labute approximate surface area is 194 Å². The minimum atomic E-state index is -1.02. The highest BCUT2D eigenvalue weighted by atomic mass is 16.5. The highest BCUT2D eigenvalue weighted by Gasteiger charge is 2.51. The number of hydrogen-bond acceptors (Lipinski definition) is 5. The number of nitrogens with zero attached hydrogens (tertiary/aromatic N) is 2. The van der Waals surface area contributed by atoms with Gasteiger partial charge >= 0.3 is 12.0 Å². The van der Waals surface area contributed by atoms with Crippen LogP contribution in [0.3, 0.4) is 0 Å². The van der Waals surface area contributed by atoms with E-state index in [-0.39, 0.29) is 30.5 Å². The normalized spacial score (nSPS) is 18.9. The number of imide groups is 1. The third-order valence-electron chi connectivity index (χ3n) is 6.49. The van der Waals surface area contributed by atoms with E-state index in [0.29, 0.717) is 45.4 Å². The molecular formula is C26H31N3O4. The van der Waals surface area contributed by atoms with Crippen LogP contribution in [0.2, 0.25) is 0 Å². The van der Waals surface area contributed by atoms with Gasteiger partial charge in [-0.2, -0.15) is 0 Å². The van der Waals surface area contributed by atoms with Crippen LogP contribution in [0.15, 0.2) is 60.7 Å².